The molecule has 0 fully saturated rings. The summed E-state index contributed by atoms with van der Waals surface area (Å²) < 4.78 is 0. The van der Waals surface area contributed by atoms with Crippen molar-refractivity contribution in [1.29, 1.82) is 0 Å². The molecule has 1 rings (SSSR count). The van der Waals surface area contributed by atoms with Gasteiger partial charge in [-0.05, 0) is 20.3 Å². The zero-order valence-corrected chi connectivity index (χ0v) is 13.3. The van der Waals surface area contributed by atoms with Gasteiger partial charge in [0.05, 0.1) is 6.10 Å². The van der Waals surface area contributed by atoms with E-state index in [4.69, 9.17) is 0 Å². The second-order valence-corrected chi connectivity index (χ2v) is 6.13. The minimum Gasteiger partial charge on any atom is -0.392 e. The number of aliphatic hydroxyl groups excluding tert-OH is 1. The third-order valence-corrected chi connectivity index (χ3v) is 4.37. The summed E-state index contributed by atoms with van der Waals surface area (Å²) in [6.45, 7) is 11.0. The molecule has 0 bridgehead atoms. The van der Waals surface area contributed by atoms with Crippen LogP contribution in [0.3, 0.4) is 0 Å². The SMILES string of the molecule is CCCNc1nc(CC)nc(SC(C)C(C)O)c1C. The number of aliphatic hydroxyl groups is 1. The summed E-state index contributed by atoms with van der Waals surface area (Å²) in [5.74, 6) is 1.78. The zero-order valence-electron chi connectivity index (χ0n) is 12.5. The van der Waals surface area contributed by atoms with Crippen LogP contribution in [0.4, 0.5) is 5.82 Å². The molecule has 0 spiro atoms. The number of thioether (sulfide) groups is 1. The van der Waals surface area contributed by atoms with Crippen molar-refractivity contribution >= 4 is 17.6 Å². The lowest BCUT2D eigenvalue weighted by Gasteiger charge is -2.17. The number of anilines is 1. The van der Waals surface area contributed by atoms with E-state index in [0.717, 1.165) is 41.6 Å². The van der Waals surface area contributed by atoms with Crippen molar-refractivity contribution < 1.29 is 5.11 Å². The summed E-state index contributed by atoms with van der Waals surface area (Å²) in [7, 11) is 0. The normalized spacial score (nSPS) is 14.2. The van der Waals surface area contributed by atoms with Crippen LogP contribution < -0.4 is 5.32 Å². The number of hydrogen-bond acceptors (Lipinski definition) is 5. The maximum Gasteiger partial charge on any atom is 0.133 e. The number of hydrogen-bond donors (Lipinski definition) is 2. The third kappa shape index (κ3) is 4.66. The van der Waals surface area contributed by atoms with Crippen molar-refractivity contribution in [2.24, 2.45) is 0 Å². The molecule has 0 saturated heterocycles. The zero-order chi connectivity index (χ0) is 14.4. The predicted molar refractivity (Wildman–Crippen MR) is 81.9 cm³/mol. The van der Waals surface area contributed by atoms with Gasteiger partial charge in [-0.25, -0.2) is 9.97 Å². The van der Waals surface area contributed by atoms with Crippen LogP contribution in [-0.2, 0) is 6.42 Å². The van der Waals surface area contributed by atoms with Crippen molar-refractivity contribution in [3.05, 3.63) is 11.4 Å². The van der Waals surface area contributed by atoms with Gasteiger partial charge in [-0.3, -0.25) is 0 Å². The Bertz CT molecular complexity index is 410. The van der Waals surface area contributed by atoms with Gasteiger partial charge in [-0.2, -0.15) is 0 Å². The lowest BCUT2D eigenvalue weighted by atomic mass is 10.3. The van der Waals surface area contributed by atoms with Crippen LogP contribution in [0.2, 0.25) is 0 Å². The van der Waals surface area contributed by atoms with Crippen LogP contribution in [-0.4, -0.2) is 33.0 Å². The van der Waals surface area contributed by atoms with Crippen molar-refractivity contribution in [1.82, 2.24) is 9.97 Å². The Morgan fingerprint density at radius 1 is 1.26 bits per heavy atom. The first-order chi connectivity index (χ1) is 8.99. The molecule has 0 aliphatic rings. The molecule has 1 aromatic rings. The highest BCUT2D eigenvalue weighted by Gasteiger charge is 2.16. The largest absolute Gasteiger partial charge is 0.392 e. The summed E-state index contributed by atoms with van der Waals surface area (Å²) >= 11 is 1.61. The fourth-order valence-corrected chi connectivity index (χ4v) is 2.48. The highest BCUT2D eigenvalue weighted by molar-refractivity contribution is 7.99. The first kappa shape index (κ1) is 16.2. The van der Waals surface area contributed by atoms with Gasteiger partial charge in [-0.15, -0.1) is 11.8 Å². The van der Waals surface area contributed by atoms with Crippen molar-refractivity contribution in [2.45, 2.75) is 63.8 Å². The molecule has 0 aromatic carbocycles. The van der Waals surface area contributed by atoms with E-state index < -0.39 is 0 Å². The van der Waals surface area contributed by atoms with E-state index in [-0.39, 0.29) is 11.4 Å². The summed E-state index contributed by atoms with van der Waals surface area (Å²) in [4.78, 5) is 9.13. The van der Waals surface area contributed by atoms with Crippen LogP contribution >= 0.6 is 11.8 Å². The van der Waals surface area contributed by atoms with Crippen molar-refractivity contribution in [3.8, 4) is 0 Å². The molecule has 1 heterocycles. The third-order valence-electron chi connectivity index (χ3n) is 2.98. The first-order valence-corrected chi connectivity index (χ1v) is 7.83. The molecule has 2 unspecified atom stereocenters. The monoisotopic (exact) mass is 283 g/mol. The van der Waals surface area contributed by atoms with Gasteiger partial charge in [-0.1, -0.05) is 20.8 Å². The Labute approximate surface area is 120 Å². The molecule has 1 aromatic heterocycles. The number of nitrogens with zero attached hydrogens (tertiary/aromatic N) is 2. The number of aryl methyl sites for hydroxylation is 1. The lowest BCUT2D eigenvalue weighted by Crippen LogP contribution is -2.16. The lowest BCUT2D eigenvalue weighted by molar-refractivity contribution is 0.196. The molecule has 2 atom stereocenters. The molecular weight excluding hydrogens is 258 g/mol. The van der Waals surface area contributed by atoms with Crippen LogP contribution in [0.15, 0.2) is 5.03 Å². The van der Waals surface area contributed by atoms with E-state index in [0.29, 0.717) is 0 Å². The van der Waals surface area contributed by atoms with E-state index in [1.54, 1.807) is 11.8 Å². The second kappa shape index (κ2) is 7.70. The van der Waals surface area contributed by atoms with Crippen LogP contribution in [0.5, 0.6) is 0 Å². The van der Waals surface area contributed by atoms with Gasteiger partial charge in [0.15, 0.2) is 0 Å². The average molecular weight is 283 g/mol. The Hall–Kier alpha value is -0.810. The van der Waals surface area contributed by atoms with Gasteiger partial charge in [0.25, 0.3) is 0 Å². The molecule has 0 aliphatic heterocycles. The molecule has 0 aliphatic carbocycles. The molecule has 19 heavy (non-hydrogen) atoms. The number of nitrogens with one attached hydrogen (secondary N) is 1. The average Bonchev–Trinajstić information content (AvgIpc) is 2.39. The topological polar surface area (TPSA) is 58.0 Å². The Morgan fingerprint density at radius 3 is 2.47 bits per heavy atom. The van der Waals surface area contributed by atoms with E-state index in [1.807, 2.05) is 20.8 Å². The van der Waals surface area contributed by atoms with Crippen LogP contribution in [0, 0.1) is 6.92 Å². The number of aromatic nitrogens is 2. The predicted octanol–water partition coefficient (Wildman–Crippen LogP) is 3.03. The molecule has 5 heteroatoms. The Balaban J connectivity index is 3.01. The summed E-state index contributed by atoms with van der Waals surface area (Å²) in [6, 6.07) is 0. The standard InChI is InChI=1S/C14H25N3OS/c1-6-8-15-13-9(3)14(17-12(7-2)16-13)19-11(5)10(4)18/h10-11,18H,6-8H2,1-5H3,(H,15,16,17). The first-order valence-electron chi connectivity index (χ1n) is 6.95. The minimum absolute atomic E-state index is 0.123. The smallest absolute Gasteiger partial charge is 0.133 e. The van der Waals surface area contributed by atoms with Gasteiger partial charge in [0.1, 0.15) is 16.7 Å². The Morgan fingerprint density at radius 2 is 1.95 bits per heavy atom. The number of rotatable bonds is 7. The van der Waals surface area contributed by atoms with E-state index in [9.17, 15) is 5.11 Å². The highest BCUT2D eigenvalue weighted by atomic mass is 32.2. The molecule has 2 N–H and O–H groups in total. The summed E-state index contributed by atoms with van der Waals surface area (Å²) in [5.41, 5.74) is 1.07. The molecular formula is C14H25N3OS. The molecule has 108 valence electrons. The van der Waals surface area contributed by atoms with E-state index in [2.05, 4.69) is 29.1 Å². The van der Waals surface area contributed by atoms with Gasteiger partial charge in [0.2, 0.25) is 0 Å². The molecule has 4 nitrogen and oxygen atoms in total. The maximum absolute atomic E-state index is 9.63. The Kier molecular flexibility index (Phi) is 6.58. The van der Waals surface area contributed by atoms with Crippen molar-refractivity contribution in [2.75, 3.05) is 11.9 Å². The van der Waals surface area contributed by atoms with E-state index >= 15 is 0 Å². The summed E-state index contributed by atoms with van der Waals surface area (Å²) in [6.07, 6.45) is 1.53. The second-order valence-electron chi connectivity index (χ2n) is 4.76. The maximum atomic E-state index is 9.63. The summed E-state index contributed by atoms with van der Waals surface area (Å²) in [5, 5.41) is 14.1. The highest BCUT2D eigenvalue weighted by Crippen LogP contribution is 2.29. The van der Waals surface area contributed by atoms with Crippen molar-refractivity contribution in [3.63, 3.8) is 0 Å². The van der Waals surface area contributed by atoms with Crippen LogP contribution in [0.25, 0.3) is 0 Å². The quantitative estimate of drug-likeness (QED) is 0.595. The van der Waals surface area contributed by atoms with E-state index in [1.165, 1.54) is 0 Å². The molecule has 0 radical (unpaired) electrons. The molecule has 0 amide bonds. The van der Waals surface area contributed by atoms with Gasteiger partial charge < -0.3 is 10.4 Å². The fraction of sp³-hybridized carbons (Fsp3) is 0.714. The van der Waals surface area contributed by atoms with Crippen LogP contribution in [0.1, 0.15) is 45.5 Å². The minimum atomic E-state index is -0.350. The van der Waals surface area contributed by atoms with Gasteiger partial charge >= 0.3 is 0 Å². The molecule has 0 saturated carbocycles. The van der Waals surface area contributed by atoms with Gasteiger partial charge in [0, 0.05) is 23.8 Å². The fourth-order valence-electron chi connectivity index (χ4n) is 1.50.